The van der Waals surface area contributed by atoms with E-state index in [1.165, 1.54) is 23.1 Å². The van der Waals surface area contributed by atoms with E-state index >= 15 is 0 Å². The molecule has 35 heavy (non-hydrogen) atoms. The Morgan fingerprint density at radius 3 is 2.54 bits per heavy atom. The first-order chi connectivity index (χ1) is 16.8. The molecule has 4 aromatic rings. The van der Waals surface area contributed by atoms with Crippen molar-refractivity contribution in [2.45, 2.75) is 24.0 Å². The third kappa shape index (κ3) is 6.44. The molecule has 0 aliphatic rings. The number of carbonyl (C=O) groups excluding carboxylic acids is 2. The van der Waals surface area contributed by atoms with Crippen LogP contribution in [0.15, 0.2) is 77.0 Å². The predicted molar refractivity (Wildman–Crippen MR) is 147 cm³/mol. The SMILES string of the molecule is Cc1ccccc1C(=O)Nc1cccc(SC(C)C(=O)Nc2nc(-c3ccc(Cl)c(Cl)c3)cs2)c1. The van der Waals surface area contributed by atoms with Crippen molar-refractivity contribution >= 4 is 68.9 Å². The molecule has 1 atom stereocenters. The number of hydrogen-bond acceptors (Lipinski definition) is 5. The second-order valence-electron chi connectivity index (χ2n) is 7.71. The van der Waals surface area contributed by atoms with Crippen molar-refractivity contribution in [3.63, 3.8) is 0 Å². The van der Waals surface area contributed by atoms with Crippen LogP contribution in [0.3, 0.4) is 0 Å². The minimum atomic E-state index is -0.380. The lowest BCUT2D eigenvalue weighted by molar-refractivity contribution is -0.115. The van der Waals surface area contributed by atoms with E-state index in [-0.39, 0.29) is 17.1 Å². The lowest BCUT2D eigenvalue weighted by atomic mass is 10.1. The summed E-state index contributed by atoms with van der Waals surface area (Å²) < 4.78 is 0. The highest BCUT2D eigenvalue weighted by molar-refractivity contribution is 8.00. The topological polar surface area (TPSA) is 71.1 Å². The Kier molecular flexibility index (Phi) is 8.13. The Morgan fingerprint density at radius 2 is 1.77 bits per heavy atom. The molecule has 3 aromatic carbocycles. The zero-order valence-corrected chi connectivity index (χ0v) is 22.0. The highest BCUT2D eigenvalue weighted by Crippen LogP contribution is 2.31. The molecule has 0 aliphatic carbocycles. The molecule has 9 heteroatoms. The Hall–Kier alpha value is -2.84. The van der Waals surface area contributed by atoms with Gasteiger partial charge in [-0.3, -0.25) is 9.59 Å². The molecule has 0 aliphatic heterocycles. The average Bonchev–Trinajstić information content (AvgIpc) is 3.29. The number of anilines is 2. The molecule has 0 saturated heterocycles. The molecule has 5 nitrogen and oxygen atoms in total. The quantitative estimate of drug-likeness (QED) is 0.234. The monoisotopic (exact) mass is 541 g/mol. The van der Waals surface area contributed by atoms with Gasteiger partial charge in [-0.2, -0.15) is 0 Å². The fourth-order valence-corrected chi connectivity index (χ4v) is 5.20. The first kappa shape index (κ1) is 25.3. The normalized spacial score (nSPS) is 11.7. The summed E-state index contributed by atoms with van der Waals surface area (Å²) >= 11 is 14.8. The third-order valence-corrected chi connectivity index (χ3v) is 7.70. The van der Waals surface area contributed by atoms with Crippen molar-refractivity contribution in [2.75, 3.05) is 10.6 Å². The van der Waals surface area contributed by atoms with Gasteiger partial charge in [0.15, 0.2) is 5.13 Å². The molecule has 2 N–H and O–H groups in total. The van der Waals surface area contributed by atoms with E-state index in [9.17, 15) is 9.59 Å². The number of halogens is 2. The molecule has 0 saturated carbocycles. The number of carbonyl (C=O) groups is 2. The van der Waals surface area contributed by atoms with Crippen LogP contribution in [0.2, 0.25) is 10.0 Å². The van der Waals surface area contributed by atoms with Crippen LogP contribution in [0.25, 0.3) is 11.3 Å². The van der Waals surface area contributed by atoms with E-state index in [2.05, 4.69) is 15.6 Å². The fourth-order valence-electron chi connectivity index (χ4n) is 3.26. The second kappa shape index (κ2) is 11.3. The first-order valence-electron chi connectivity index (χ1n) is 10.7. The van der Waals surface area contributed by atoms with Crippen molar-refractivity contribution in [1.82, 2.24) is 4.98 Å². The molecule has 0 spiro atoms. The lowest BCUT2D eigenvalue weighted by Gasteiger charge is -2.12. The maximum Gasteiger partial charge on any atom is 0.255 e. The van der Waals surface area contributed by atoms with Crippen LogP contribution in [-0.2, 0) is 4.79 Å². The zero-order valence-electron chi connectivity index (χ0n) is 18.8. The molecule has 0 fully saturated rings. The van der Waals surface area contributed by atoms with E-state index in [0.717, 1.165) is 16.0 Å². The maximum atomic E-state index is 12.8. The summed E-state index contributed by atoms with van der Waals surface area (Å²) in [5.74, 6) is -0.336. The number of nitrogens with zero attached hydrogens (tertiary/aromatic N) is 1. The number of aromatic nitrogens is 1. The Bertz CT molecular complexity index is 1390. The van der Waals surface area contributed by atoms with Crippen molar-refractivity contribution in [3.05, 3.63) is 93.3 Å². The standard InChI is InChI=1S/C26H21Cl2N3O2S2/c1-15-6-3-4-9-20(15)25(33)29-18-7-5-8-19(13-18)35-16(2)24(32)31-26-30-23(14-34-26)17-10-11-21(27)22(28)12-17/h3-14,16H,1-2H3,(H,29,33)(H,30,31,32). The first-order valence-corrected chi connectivity index (χ1v) is 13.2. The van der Waals surface area contributed by atoms with Gasteiger partial charge in [0.2, 0.25) is 5.91 Å². The summed E-state index contributed by atoms with van der Waals surface area (Å²) in [6.45, 7) is 3.73. The van der Waals surface area contributed by atoms with Gasteiger partial charge in [-0.15, -0.1) is 23.1 Å². The van der Waals surface area contributed by atoms with Crippen molar-refractivity contribution in [2.24, 2.45) is 0 Å². The molecule has 1 unspecified atom stereocenters. The van der Waals surface area contributed by atoms with E-state index < -0.39 is 0 Å². The van der Waals surface area contributed by atoms with E-state index in [1.54, 1.807) is 18.2 Å². The largest absolute Gasteiger partial charge is 0.322 e. The Balaban J connectivity index is 1.37. The summed E-state index contributed by atoms with van der Waals surface area (Å²) in [5, 5.41) is 8.70. The van der Waals surface area contributed by atoms with Gasteiger partial charge in [-0.05, 0) is 55.8 Å². The Labute approximate surface area is 221 Å². The van der Waals surface area contributed by atoms with Crippen molar-refractivity contribution in [1.29, 1.82) is 0 Å². The van der Waals surface area contributed by atoms with Gasteiger partial charge in [0.1, 0.15) is 0 Å². The summed E-state index contributed by atoms with van der Waals surface area (Å²) in [5.41, 5.74) is 3.73. The van der Waals surface area contributed by atoms with Gasteiger partial charge >= 0.3 is 0 Å². The van der Waals surface area contributed by atoms with Gasteiger partial charge < -0.3 is 10.6 Å². The minimum Gasteiger partial charge on any atom is -0.322 e. The number of thioether (sulfide) groups is 1. The molecule has 4 rings (SSSR count). The number of rotatable bonds is 7. The lowest BCUT2D eigenvalue weighted by Crippen LogP contribution is -2.22. The van der Waals surface area contributed by atoms with Crippen LogP contribution in [-0.4, -0.2) is 22.0 Å². The van der Waals surface area contributed by atoms with Gasteiger partial charge in [0.05, 0.1) is 21.0 Å². The number of thiazole rings is 1. The summed E-state index contributed by atoms with van der Waals surface area (Å²) in [7, 11) is 0. The van der Waals surface area contributed by atoms with Crippen LogP contribution >= 0.6 is 46.3 Å². The van der Waals surface area contributed by atoms with Crippen LogP contribution in [0, 0.1) is 6.92 Å². The van der Waals surface area contributed by atoms with Gasteiger partial charge in [-0.25, -0.2) is 4.98 Å². The molecule has 0 bridgehead atoms. The number of nitrogens with one attached hydrogen (secondary N) is 2. The molecule has 0 radical (unpaired) electrons. The molecule has 2 amide bonds. The van der Waals surface area contributed by atoms with E-state index in [1.807, 2.05) is 67.8 Å². The summed E-state index contributed by atoms with van der Waals surface area (Å²) in [4.78, 5) is 30.7. The fraction of sp³-hybridized carbons (Fsp3) is 0.115. The Morgan fingerprint density at radius 1 is 0.971 bits per heavy atom. The smallest absolute Gasteiger partial charge is 0.255 e. The van der Waals surface area contributed by atoms with Crippen molar-refractivity contribution in [3.8, 4) is 11.3 Å². The molecule has 178 valence electrons. The minimum absolute atomic E-state index is 0.167. The van der Waals surface area contributed by atoms with E-state index in [4.69, 9.17) is 23.2 Å². The van der Waals surface area contributed by atoms with Crippen LogP contribution in [0.1, 0.15) is 22.8 Å². The average molecular weight is 543 g/mol. The summed E-state index contributed by atoms with van der Waals surface area (Å²) in [6.07, 6.45) is 0. The number of hydrogen-bond donors (Lipinski definition) is 2. The highest BCUT2D eigenvalue weighted by Gasteiger charge is 2.17. The van der Waals surface area contributed by atoms with Gasteiger partial charge in [0.25, 0.3) is 5.91 Å². The number of amides is 2. The molecular weight excluding hydrogens is 521 g/mol. The van der Waals surface area contributed by atoms with Crippen LogP contribution in [0.4, 0.5) is 10.8 Å². The third-order valence-electron chi connectivity index (χ3n) is 5.11. The number of aryl methyl sites for hydroxylation is 1. The zero-order chi connectivity index (χ0) is 24.9. The number of benzene rings is 3. The van der Waals surface area contributed by atoms with Gasteiger partial charge in [0, 0.05) is 27.1 Å². The predicted octanol–water partition coefficient (Wildman–Crippen LogP) is 7.80. The second-order valence-corrected chi connectivity index (χ2v) is 10.8. The molecular formula is C26H21Cl2N3O2S2. The molecule has 1 aromatic heterocycles. The van der Waals surface area contributed by atoms with Crippen LogP contribution in [0.5, 0.6) is 0 Å². The van der Waals surface area contributed by atoms with Gasteiger partial charge in [-0.1, -0.05) is 53.5 Å². The maximum absolute atomic E-state index is 12.8. The van der Waals surface area contributed by atoms with Crippen LogP contribution < -0.4 is 10.6 Å². The molecule has 1 heterocycles. The summed E-state index contributed by atoms with van der Waals surface area (Å²) in [6, 6.07) is 20.2. The van der Waals surface area contributed by atoms with E-state index in [0.29, 0.717) is 32.1 Å². The van der Waals surface area contributed by atoms with Crippen molar-refractivity contribution < 1.29 is 9.59 Å². The highest BCUT2D eigenvalue weighted by atomic mass is 35.5.